The minimum atomic E-state index is -0.543. The molecule has 2 aromatic rings. The van der Waals surface area contributed by atoms with Gasteiger partial charge in [-0.15, -0.1) is 0 Å². The zero-order valence-electron chi connectivity index (χ0n) is 15.3. The highest BCUT2D eigenvalue weighted by molar-refractivity contribution is 7.80. The van der Waals surface area contributed by atoms with Gasteiger partial charge in [-0.1, -0.05) is 43.4 Å². The van der Waals surface area contributed by atoms with E-state index in [0.29, 0.717) is 17.1 Å². The largest absolute Gasteiger partial charge is 0.377 e. The molecule has 1 heterocycles. The van der Waals surface area contributed by atoms with Crippen LogP contribution in [0.1, 0.15) is 35.8 Å². The molecule has 0 fully saturated rings. The number of carbonyl (C=O) groups excluding carboxylic acids is 1. The van der Waals surface area contributed by atoms with Gasteiger partial charge in [-0.05, 0) is 18.9 Å². The number of thiocarbonyl (C=S) groups is 1. The van der Waals surface area contributed by atoms with E-state index < -0.39 is 6.04 Å². The Morgan fingerprint density at radius 1 is 1.12 bits per heavy atom. The lowest BCUT2D eigenvalue weighted by Crippen LogP contribution is -2.51. The molecule has 0 saturated carbocycles. The molecule has 1 atom stereocenters. The highest BCUT2D eigenvalue weighted by atomic mass is 32.1. The van der Waals surface area contributed by atoms with Crippen molar-refractivity contribution in [3.05, 3.63) is 59.9 Å². The quantitative estimate of drug-likeness (QED) is 0.470. The van der Waals surface area contributed by atoms with Crippen molar-refractivity contribution in [1.29, 1.82) is 0 Å². The number of pyridine rings is 1. The third-order valence-electron chi connectivity index (χ3n) is 4.14. The third kappa shape index (κ3) is 4.63. The molecule has 0 aliphatic carbocycles. The fourth-order valence-electron chi connectivity index (χ4n) is 2.62. The van der Waals surface area contributed by atoms with E-state index in [0.717, 1.165) is 12.1 Å². The van der Waals surface area contributed by atoms with Gasteiger partial charge in [-0.2, -0.15) is 4.57 Å². The predicted octanol–water partition coefficient (Wildman–Crippen LogP) is 2.96. The van der Waals surface area contributed by atoms with Crippen molar-refractivity contribution in [2.45, 2.75) is 26.3 Å². The van der Waals surface area contributed by atoms with Crippen molar-refractivity contribution in [2.24, 2.45) is 0 Å². The summed E-state index contributed by atoms with van der Waals surface area (Å²) in [6.07, 6.45) is 4.76. The summed E-state index contributed by atoms with van der Waals surface area (Å²) in [5.74, 6) is -0.00351. The van der Waals surface area contributed by atoms with Crippen molar-refractivity contribution in [1.82, 2.24) is 5.32 Å². The molecule has 0 aliphatic heterocycles. The molecule has 5 heteroatoms. The van der Waals surface area contributed by atoms with Crippen molar-refractivity contribution in [3.8, 4) is 0 Å². The molecule has 0 saturated heterocycles. The summed E-state index contributed by atoms with van der Waals surface area (Å²) in [6, 6.07) is 11.2. The number of Topliss-reactive ketones (excluding diaryl/α,β-unsaturated/α-hetero) is 1. The van der Waals surface area contributed by atoms with Gasteiger partial charge in [0.15, 0.2) is 17.4 Å². The summed E-state index contributed by atoms with van der Waals surface area (Å²) in [5.41, 5.74) is 2.96. The number of ketones is 1. The summed E-state index contributed by atoms with van der Waals surface area (Å²) in [5, 5.41) is 3.13. The summed E-state index contributed by atoms with van der Waals surface area (Å²) < 4.78 is 1.87. The van der Waals surface area contributed by atoms with Crippen molar-refractivity contribution in [2.75, 3.05) is 25.5 Å². The maximum absolute atomic E-state index is 13.1. The Kier molecular flexibility index (Phi) is 6.65. The zero-order chi connectivity index (χ0) is 18.4. The van der Waals surface area contributed by atoms with Gasteiger partial charge in [0.05, 0.1) is 0 Å². The van der Waals surface area contributed by atoms with Gasteiger partial charge in [0.25, 0.3) is 6.04 Å². The molecule has 25 heavy (non-hydrogen) atoms. The van der Waals surface area contributed by atoms with E-state index in [4.69, 9.17) is 12.2 Å². The lowest BCUT2D eigenvalue weighted by atomic mass is 10.0. The lowest BCUT2D eigenvalue weighted by molar-refractivity contribution is -0.692. The Morgan fingerprint density at radius 2 is 1.72 bits per heavy atom. The number of aromatic nitrogens is 1. The minimum Gasteiger partial charge on any atom is -0.377 e. The van der Waals surface area contributed by atoms with Gasteiger partial charge in [-0.25, -0.2) is 0 Å². The standard InChI is InChI=1S/C20H25N3OS/c1-5-15-7-9-16(10-8-15)19(24)18(20(25)21-6-2)23-13-11-17(12-14-23)22(3)4/h7-14,18H,5-6H2,1-4H3/p+1/t18-/m1/s1. The van der Waals surface area contributed by atoms with Crippen LogP contribution in [0.3, 0.4) is 0 Å². The van der Waals surface area contributed by atoms with E-state index in [9.17, 15) is 4.79 Å². The number of likely N-dealkylation sites (N-methyl/N-ethyl adjacent to an activating group) is 1. The molecule has 1 aromatic heterocycles. The van der Waals surface area contributed by atoms with Crippen LogP contribution in [0.2, 0.25) is 0 Å². The van der Waals surface area contributed by atoms with Gasteiger partial charge >= 0.3 is 0 Å². The number of aryl methyl sites for hydroxylation is 1. The van der Waals surface area contributed by atoms with E-state index in [1.165, 1.54) is 5.56 Å². The average molecular weight is 357 g/mol. The molecular formula is C20H26N3OS+. The molecule has 4 nitrogen and oxygen atoms in total. The van der Waals surface area contributed by atoms with E-state index in [1.54, 1.807) is 0 Å². The van der Waals surface area contributed by atoms with Crippen LogP contribution in [0.5, 0.6) is 0 Å². The van der Waals surface area contributed by atoms with Crippen molar-refractivity contribution >= 4 is 28.7 Å². The number of benzene rings is 1. The number of anilines is 1. The zero-order valence-corrected chi connectivity index (χ0v) is 16.1. The molecular weight excluding hydrogens is 330 g/mol. The number of hydrogen-bond acceptors (Lipinski definition) is 3. The normalized spacial score (nSPS) is 11.7. The first kappa shape index (κ1) is 19.1. The van der Waals surface area contributed by atoms with Crippen LogP contribution < -0.4 is 14.8 Å². The number of nitrogens with zero attached hydrogens (tertiary/aromatic N) is 2. The van der Waals surface area contributed by atoms with Crippen LogP contribution in [0.4, 0.5) is 5.69 Å². The molecule has 1 aromatic carbocycles. The monoisotopic (exact) mass is 356 g/mol. The second-order valence-corrected chi connectivity index (χ2v) is 6.55. The molecule has 0 spiro atoms. The van der Waals surface area contributed by atoms with Crippen LogP contribution in [-0.2, 0) is 6.42 Å². The highest BCUT2D eigenvalue weighted by Crippen LogP contribution is 2.14. The van der Waals surface area contributed by atoms with E-state index in [1.807, 2.05) is 79.3 Å². The maximum atomic E-state index is 13.1. The molecule has 0 unspecified atom stereocenters. The van der Waals surface area contributed by atoms with E-state index in [-0.39, 0.29) is 5.78 Å². The second-order valence-electron chi connectivity index (χ2n) is 6.11. The van der Waals surface area contributed by atoms with Crippen LogP contribution >= 0.6 is 12.2 Å². The van der Waals surface area contributed by atoms with Gasteiger partial charge in [-0.3, -0.25) is 4.79 Å². The fraction of sp³-hybridized carbons (Fsp3) is 0.350. The number of rotatable bonds is 7. The first-order valence-corrected chi connectivity index (χ1v) is 8.97. The Balaban J connectivity index is 2.37. The van der Waals surface area contributed by atoms with Crippen LogP contribution in [0.15, 0.2) is 48.8 Å². The smallest absolute Gasteiger partial charge is 0.270 e. The average Bonchev–Trinajstić information content (AvgIpc) is 2.62. The van der Waals surface area contributed by atoms with Crippen molar-refractivity contribution in [3.63, 3.8) is 0 Å². The molecule has 1 N–H and O–H groups in total. The first-order chi connectivity index (χ1) is 12.0. The summed E-state index contributed by atoms with van der Waals surface area (Å²) in [4.78, 5) is 15.7. The number of nitrogens with one attached hydrogen (secondary N) is 1. The topological polar surface area (TPSA) is 36.2 Å². The molecule has 0 bridgehead atoms. The summed E-state index contributed by atoms with van der Waals surface area (Å²) in [6.45, 7) is 4.76. The van der Waals surface area contributed by atoms with Gasteiger partial charge in [0.1, 0.15) is 0 Å². The third-order valence-corrected chi connectivity index (χ3v) is 4.51. The number of carbonyl (C=O) groups is 1. The summed E-state index contributed by atoms with van der Waals surface area (Å²) in [7, 11) is 3.97. The fourth-order valence-corrected chi connectivity index (χ4v) is 3.00. The lowest BCUT2D eigenvalue weighted by Gasteiger charge is -2.16. The Labute approximate surface area is 155 Å². The second kappa shape index (κ2) is 8.72. The molecule has 0 radical (unpaired) electrons. The maximum Gasteiger partial charge on any atom is 0.270 e. The molecule has 132 valence electrons. The van der Waals surface area contributed by atoms with Gasteiger partial charge in [0.2, 0.25) is 5.78 Å². The molecule has 2 rings (SSSR count). The SMILES string of the molecule is CCNC(=S)[C@@H](C(=O)c1ccc(CC)cc1)[n+]1ccc(N(C)C)cc1. The van der Waals surface area contributed by atoms with E-state index in [2.05, 4.69) is 12.2 Å². The molecule has 0 amide bonds. The molecule has 0 aliphatic rings. The first-order valence-electron chi connectivity index (χ1n) is 8.56. The predicted molar refractivity (Wildman–Crippen MR) is 106 cm³/mol. The Bertz CT molecular complexity index is 724. The highest BCUT2D eigenvalue weighted by Gasteiger charge is 2.32. The Morgan fingerprint density at radius 3 is 2.20 bits per heavy atom. The van der Waals surface area contributed by atoms with Crippen LogP contribution in [-0.4, -0.2) is 31.4 Å². The minimum absolute atomic E-state index is 0.00351. The summed E-state index contributed by atoms with van der Waals surface area (Å²) >= 11 is 5.50. The van der Waals surface area contributed by atoms with Gasteiger partial charge in [0, 0.05) is 44.0 Å². The number of hydrogen-bond donors (Lipinski definition) is 1. The van der Waals surface area contributed by atoms with Crippen LogP contribution in [0.25, 0.3) is 0 Å². The van der Waals surface area contributed by atoms with Crippen LogP contribution in [0, 0.1) is 0 Å². The van der Waals surface area contributed by atoms with E-state index >= 15 is 0 Å². The van der Waals surface area contributed by atoms with Crippen molar-refractivity contribution < 1.29 is 9.36 Å². The van der Waals surface area contributed by atoms with Gasteiger partial charge < -0.3 is 10.2 Å². The Hall–Kier alpha value is -2.27.